The lowest BCUT2D eigenvalue weighted by molar-refractivity contribution is 0.241. The zero-order valence-corrected chi connectivity index (χ0v) is 11.1. The summed E-state index contributed by atoms with van der Waals surface area (Å²) in [6.45, 7) is 4.85. The third kappa shape index (κ3) is 2.96. The van der Waals surface area contributed by atoms with Crippen LogP contribution >= 0.6 is 0 Å². The third-order valence-corrected chi connectivity index (χ3v) is 4.31. The number of rotatable bonds is 5. The Morgan fingerprint density at radius 1 is 1.12 bits per heavy atom. The van der Waals surface area contributed by atoms with Crippen molar-refractivity contribution < 1.29 is 0 Å². The first-order valence-corrected chi connectivity index (χ1v) is 6.73. The van der Waals surface area contributed by atoms with E-state index < -0.39 is 0 Å². The number of likely N-dealkylation sites (N-methyl/N-ethyl adjacent to an activating group) is 2. The van der Waals surface area contributed by atoms with E-state index in [4.69, 9.17) is 0 Å². The van der Waals surface area contributed by atoms with Gasteiger partial charge in [-0.2, -0.15) is 0 Å². The minimum absolute atomic E-state index is 0.764. The number of hydrogen-bond acceptors (Lipinski definition) is 3. The minimum Gasteiger partial charge on any atom is -0.312 e. The first kappa shape index (κ1) is 12.3. The van der Waals surface area contributed by atoms with Crippen LogP contribution in [0.2, 0.25) is 0 Å². The van der Waals surface area contributed by atoms with Gasteiger partial charge < -0.3 is 15.1 Å². The van der Waals surface area contributed by atoms with E-state index in [1.807, 2.05) is 0 Å². The molecule has 94 valence electrons. The SMILES string of the molecule is CN(C)CCN(C)CC1NCC2CCCC21. The molecule has 0 spiro atoms. The maximum absolute atomic E-state index is 3.72. The van der Waals surface area contributed by atoms with Crippen molar-refractivity contribution in [2.45, 2.75) is 25.3 Å². The lowest BCUT2D eigenvalue weighted by Crippen LogP contribution is -2.41. The van der Waals surface area contributed by atoms with Crippen molar-refractivity contribution in [3.05, 3.63) is 0 Å². The maximum Gasteiger partial charge on any atom is 0.0226 e. The van der Waals surface area contributed by atoms with Crippen LogP contribution in [-0.4, -0.2) is 63.2 Å². The normalized spacial score (nSPS) is 33.9. The largest absolute Gasteiger partial charge is 0.312 e. The van der Waals surface area contributed by atoms with Gasteiger partial charge in [-0.25, -0.2) is 0 Å². The molecule has 1 heterocycles. The molecule has 0 aromatic rings. The third-order valence-electron chi connectivity index (χ3n) is 4.31. The van der Waals surface area contributed by atoms with Gasteiger partial charge in [-0.05, 0) is 52.4 Å². The summed E-state index contributed by atoms with van der Waals surface area (Å²) >= 11 is 0. The van der Waals surface area contributed by atoms with Crippen LogP contribution < -0.4 is 5.32 Å². The fourth-order valence-electron chi connectivity index (χ4n) is 3.30. The Labute approximate surface area is 100 Å². The van der Waals surface area contributed by atoms with Crippen molar-refractivity contribution >= 4 is 0 Å². The van der Waals surface area contributed by atoms with Crippen LogP contribution in [-0.2, 0) is 0 Å². The Kier molecular flexibility index (Phi) is 4.22. The molecule has 2 fully saturated rings. The molecule has 0 aromatic carbocycles. The second-order valence-electron chi connectivity index (χ2n) is 5.94. The quantitative estimate of drug-likeness (QED) is 0.749. The van der Waals surface area contributed by atoms with Crippen LogP contribution in [0.3, 0.4) is 0 Å². The molecule has 3 unspecified atom stereocenters. The average molecular weight is 225 g/mol. The highest BCUT2D eigenvalue weighted by atomic mass is 15.2. The molecule has 1 aliphatic carbocycles. The Bertz CT molecular complexity index is 217. The fraction of sp³-hybridized carbons (Fsp3) is 1.00. The van der Waals surface area contributed by atoms with E-state index in [1.54, 1.807) is 0 Å². The topological polar surface area (TPSA) is 18.5 Å². The first-order valence-electron chi connectivity index (χ1n) is 6.73. The highest BCUT2D eigenvalue weighted by Crippen LogP contribution is 2.37. The summed E-state index contributed by atoms with van der Waals surface area (Å²) in [4.78, 5) is 4.75. The highest BCUT2D eigenvalue weighted by molar-refractivity contribution is 4.95. The van der Waals surface area contributed by atoms with E-state index in [9.17, 15) is 0 Å². The van der Waals surface area contributed by atoms with Gasteiger partial charge in [0.2, 0.25) is 0 Å². The van der Waals surface area contributed by atoms with Crippen molar-refractivity contribution in [3.8, 4) is 0 Å². The second-order valence-corrected chi connectivity index (χ2v) is 5.94. The highest BCUT2D eigenvalue weighted by Gasteiger charge is 2.38. The molecule has 1 saturated carbocycles. The predicted octanol–water partition coefficient (Wildman–Crippen LogP) is 0.868. The molecule has 3 atom stereocenters. The van der Waals surface area contributed by atoms with Gasteiger partial charge in [0.15, 0.2) is 0 Å². The van der Waals surface area contributed by atoms with Gasteiger partial charge in [0.05, 0.1) is 0 Å². The van der Waals surface area contributed by atoms with Gasteiger partial charge in [0, 0.05) is 25.7 Å². The Morgan fingerprint density at radius 3 is 2.69 bits per heavy atom. The van der Waals surface area contributed by atoms with Crippen molar-refractivity contribution in [1.82, 2.24) is 15.1 Å². The molecule has 0 radical (unpaired) electrons. The van der Waals surface area contributed by atoms with Crippen LogP contribution in [0.5, 0.6) is 0 Å². The van der Waals surface area contributed by atoms with E-state index in [0.29, 0.717) is 0 Å². The van der Waals surface area contributed by atoms with E-state index in [1.165, 1.54) is 38.9 Å². The molecule has 16 heavy (non-hydrogen) atoms. The number of hydrogen-bond donors (Lipinski definition) is 1. The summed E-state index contributed by atoms with van der Waals surface area (Å²) in [7, 11) is 6.55. The second kappa shape index (κ2) is 5.48. The van der Waals surface area contributed by atoms with Crippen LogP contribution in [0, 0.1) is 11.8 Å². The molecule has 3 nitrogen and oxygen atoms in total. The molecule has 0 amide bonds. The molecule has 2 rings (SSSR count). The molecular formula is C13H27N3. The lowest BCUT2D eigenvalue weighted by atomic mass is 9.94. The lowest BCUT2D eigenvalue weighted by Gasteiger charge is -2.26. The van der Waals surface area contributed by atoms with Crippen molar-refractivity contribution in [1.29, 1.82) is 0 Å². The number of fused-ring (bicyclic) bond motifs is 1. The van der Waals surface area contributed by atoms with E-state index in [2.05, 4.69) is 36.3 Å². The van der Waals surface area contributed by atoms with E-state index in [0.717, 1.165) is 24.4 Å². The number of nitrogens with one attached hydrogen (secondary N) is 1. The Hall–Kier alpha value is -0.120. The maximum atomic E-state index is 3.72. The van der Waals surface area contributed by atoms with E-state index in [-0.39, 0.29) is 0 Å². The average Bonchev–Trinajstić information content (AvgIpc) is 2.80. The van der Waals surface area contributed by atoms with Gasteiger partial charge >= 0.3 is 0 Å². The smallest absolute Gasteiger partial charge is 0.0226 e. The standard InChI is InChI=1S/C13H27N3/c1-15(2)7-8-16(3)10-13-12-6-4-5-11(12)9-14-13/h11-14H,4-10H2,1-3H3. The van der Waals surface area contributed by atoms with Crippen LogP contribution in [0.15, 0.2) is 0 Å². The van der Waals surface area contributed by atoms with Crippen LogP contribution in [0.4, 0.5) is 0 Å². The summed E-state index contributed by atoms with van der Waals surface area (Å²) in [5.74, 6) is 1.97. The fourth-order valence-corrected chi connectivity index (χ4v) is 3.30. The van der Waals surface area contributed by atoms with Gasteiger partial charge in [-0.1, -0.05) is 6.42 Å². The van der Waals surface area contributed by atoms with Gasteiger partial charge in [0.1, 0.15) is 0 Å². The molecule has 1 saturated heterocycles. The van der Waals surface area contributed by atoms with Gasteiger partial charge in [-0.3, -0.25) is 0 Å². The minimum atomic E-state index is 0.764. The molecule has 3 heteroatoms. The molecule has 1 N–H and O–H groups in total. The van der Waals surface area contributed by atoms with Crippen molar-refractivity contribution in [2.24, 2.45) is 11.8 Å². The molecular weight excluding hydrogens is 198 g/mol. The summed E-state index contributed by atoms with van der Waals surface area (Å²) in [5, 5.41) is 3.72. The first-order chi connectivity index (χ1) is 7.66. The molecule has 0 bridgehead atoms. The monoisotopic (exact) mass is 225 g/mol. The summed E-state index contributed by atoms with van der Waals surface area (Å²) < 4.78 is 0. The Morgan fingerprint density at radius 2 is 1.94 bits per heavy atom. The predicted molar refractivity (Wildman–Crippen MR) is 68.7 cm³/mol. The van der Waals surface area contributed by atoms with Crippen molar-refractivity contribution in [3.63, 3.8) is 0 Å². The molecule has 1 aliphatic heterocycles. The zero-order chi connectivity index (χ0) is 11.5. The van der Waals surface area contributed by atoms with Crippen LogP contribution in [0.25, 0.3) is 0 Å². The number of nitrogens with zero attached hydrogens (tertiary/aromatic N) is 2. The van der Waals surface area contributed by atoms with Crippen molar-refractivity contribution in [2.75, 3.05) is 47.3 Å². The van der Waals surface area contributed by atoms with Gasteiger partial charge in [-0.15, -0.1) is 0 Å². The molecule has 2 aliphatic rings. The van der Waals surface area contributed by atoms with Crippen LogP contribution in [0.1, 0.15) is 19.3 Å². The summed E-state index contributed by atoms with van der Waals surface area (Å²) in [6, 6.07) is 0.764. The summed E-state index contributed by atoms with van der Waals surface area (Å²) in [5.41, 5.74) is 0. The zero-order valence-electron chi connectivity index (χ0n) is 11.1. The Balaban J connectivity index is 1.72. The van der Waals surface area contributed by atoms with E-state index >= 15 is 0 Å². The van der Waals surface area contributed by atoms with Gasteiger partial charge in [0.25, 0.3) is 0 Å². The summed E-state index contributed by atoms with van der Waals surface area (Å²) in [6.07, 6.45) is 4.40. The molecule has 0 aromatic heterocycles.